The highest BCUT2D eigenvalue weighted by Crippen LogP contribution is 2.22. The largest absolute Gasteiger partial charge is 0.484 e. The van der Waals surface area contributed by atoms with Crippen LogP contribution in [0.25, 0.3) is 0 Å². The van der Waals surface area contributed by atoms with Crippen LogP contribution >= 0.6 is 0 Å². The smallest absolute Gasteiger partial charge is 0.262 e. The maximum absolute atomic E-state index is 12.2. The van der Waals surface area contributed by atoms with E-state index in [-0.39, 0.29) is 12.5 Å². The number of nitrogens with one attached hydrogen (secondary N) is 1. The minimum Gasteiger partial charge on any atom is -0.484 e. The zero-order valence-electron chi connectivity index (χ0n) is 18.4. The number of carbonyl (C=O) groups excluding carboxylic acids is 1. The molecule has 1 aliphatic rings. The molecule has 0 bridgehead atoms. The first-order chi connectivity index (χ1) is 14.8. The summed E-state index contributed by atoms with van der Waals surface area (Å²) in [5.74, 6) is 0.954. The van der Waals surface area contributed by atoms with Gasteiger partial charge in [-0.2, -0.15) is 4.31 Å². The van der Waals surface area contributed by atoms with E-state index in [0.29, 0.717) is 43.5 Å². The molecule has 1 heterocycles. The van der Waals surface area contributed by atoms with E-state index < -0.39 is 10.0 Å². The van der Waals surface area contributed by atoms with Crippen molar-refractivity contribution in [3.8, 4) is 5.75 Å². The molecule has 1 amide bonds. The van der Waals surface area contributed by atoms with Crippen LogP contribution in [0.15, 0.2) is 48.5 Å². The van der Waals surface area contributed by atoms with Crippen molar-refractivity contribution in [3.05, 3.63) is 54.1 Å². The highest BCUT2D eigenvalue weighted by Gasteiger charge is 2.23. The molecule has 0 aromatic heterocycles. The van der Waals surface area contributed by atoms with Crippen LogP contribution in [0.3, 0.4) is 0 Å². The maximum Gasteiger partial charge on any atom is 0.262 e. The molecule has 3 rings (SSSR count). The summed E-state index contributed by atoms with van der Waals surface area (Å²) in [6, 6.07) is 15.4. The van der Waals surface area contributed by atoms with Crippen LogP contribution in [0.4, 0.5) is 11.4 Å². The third-order valence-corrected chi connectivity index (χ3v) is 6.96. The lowest BCUT2D eigenvalue weighted by molar-refractivity contribution is -0.118. The van der Waals surface area contributed by atoms with Gasteiger partial charge in [0.1, 0.15) is 5.75 Å². The first kappa shape index (κ1) is 23.1. The molecule has 0 radical (unpaired) electrons. The van der Waals surface area contributed by atoms with Crippen LogP contribution in [-0.4, -0.2) is 57.7 Å². The number of ether oxygens (including phenoxy) is 1. The van der Waals surface area contributed by atoms with E-state index in [0.717, 1.165) is 12.1 Å². The van der Waals surface area contributed by atoms with Crippen LogP contribution in [0.5, 0.6) is 5.75 Å². The number of benzene rings is 2. The normalized spacial score (nSPS) is 16.0. The Bertz CT molecular complexity index is 967. The molecule has 0 unspecified atom stereocenters. The lowest BCUT2D eigenvalue weighted by atomic mass is 9.99. The number of hydrogen-bond donors (Lipinski definition) is 1. The second kappa shape index (κ2) is 10.2. The summed E-state index contributed by atoms with van der Waals surface area (Å²) in [7, 11) is -3.14. The van der Waals surface area contributed by atoms with E-state index in [2.05, 4.69) is 24.1 Å². The van der Waals surface area contributed by atoms with Gasteiger partial charge in [-0.25, -0.2) is 8.42 Å². The standard InChI is InChI=1S/C23H31N3O4S/c1-4-18(2)19-5-11-22(12-6-19)30-17-23(27)24-20-7-9-21(10-8-20)25-13-15-26(16-14-25)31(3,28)29/h5-12,18H,4,13-17H2,1-3H3,(H,24,27)/t18-/m0/s1. The van der Waals surface area contributed by atoms with Crippen LogP contribution in [0.1, 0.15) is 31.7 Å². The van der Waals surface area contributed by atoms with Gasteiger partial charge < -0.3 is 15.0 Å². The number of piperazine rings is 1. The predicted octanol–water partition coefficient (Wildman–Crippen LogP) is 3.30. The fourth-order valence-electron chi connectivity index (χ4n) is 3.51. The van der Waals surface area contributed by atoms with Gasteiger partial charge in [0.05, 0.1) is 6.26 Å². The van der Waals surface area contributed by atoms with Gasteiger partial charge in [-0.15, -0.1) is 0 Å². The van der Waals surface area contributed by atoms with Crippen molar-refractivity contribution in [2.24, 2.45) is 0 Å². The fraction of sp³-hybridized carbons (Fsp3) is 0.435. The zero-order chi connectivity index (χ0) is 22.4. The third-order valence-electron chi connectivity index (χ3n) is 5.66. The Kier molecular flexibility index (Phi) is 7.56. The van der Waals surface area contributed by atoms with Crippen molar-refractivity contribution in [2.75, 3.05) is 49.3 Å². The molecular formula is C23H31N3O4S. The van der Waals surface area contributed by atoms with E-state index in [1.165, 1.54) is 16.1 Å². The van der Waals surface area contributed by atoms with Crippen LogP contribution in [0, 0.1) is 0 Å². The van der Waals surface area contributed by atoms with Crippen molar-refractivity contribution >= 4 is 27.3 Å². The maximum atomic E-state index is 12.2. The summed E-state index contributed by atoms with van der Waals surface area (Å²) in [6.45, 7) is 6.53. The molecule has 2 aromatic rings. The number of nitrogens with zero attached hydrogens (tertiary/aromatic N) is 2. The molecule has 0 saturated carbocycles. The number of amides is 1. The van der Waals surface area contributed by atoms with Gasteiger partial charge >= 0.3 is 0 Å². The van der Waals surface area contributed by atoms with Crippen LogP contribution in [-0.2, 0) is 14.8 Å². The van der Waals surface area contributed by atoms with Crippen LogP contribution in [0.2, 0.25) is 0 Å². The van der Waals surface area contributed by atoms with Crippen molar-refractivity contribution < 1.29 is 17.9 Å². The number of rotatable bonds is 8. The van der Waals surface area contributed by atoms with Crippen LogP contribution < -0.4 is 15.0 Å². The molecule has 168 valence electrons. The average molecular weight is 446 g/mol. The summed E-state index contributed by atoms with van der Waals surface area (Å²) in [5, 5.41) is 2.84. The minimum absolute atomic E-state index is 0.0577. The number of carbonyl (C=O) groups is 1. The van der Waals surface area contributed by atoms with Gasteiger partial charge in [0.2, 0.25) is 10.0 Å². The molecule has 1 N–H and O–H groups in total. The van der Waals surface area contributed by atoms with Gasteiger partial charge in [0.25, 0.3) is 5.91 Å². The second-order valence-electron chi connectivity index (χ2n) is 7.91. The second-order valence-corrected chi connectivity index (χ2v) is 9.89. The average Bonchev–Trinajstić information content (AvgIpc) is 2.77. The van der Waals surface area contributed by atoms with Crippen molar-refractivity contribution in [3.63, 3.8) is 0 Å². The summed E-state index contributed by atoms with van der Waals surface area (Å²) >= 11 is 0. The highest BCUT2D eigenvalue weighted by molar-refractivity contribution is 7.88. The Hall–Kier alpha value is -2.58. The summed E-state index contributed by atoms with van der Waals surface area (Å²) in [5.41, 5.74) is 2.96. The third kappa shape index (κ3) is 6.45. The summed E-state index contributed by atoms with van der Waals surface area (Å²) in [4.78, 5) is 14.4. The van der Waals surface area contributed by atoms with Crippen molar-refractivity contribution in [1.29, 1.82) is 0 Å². The number of hydrogen-bond acceptors (Lipinski definition) is 5. The van der Waals surface area contributed by atoms with Gasteiger partial charge in [0.15, 0.2) is 6.61 Å². The summed E-state index contributed by atoms with van der Waals surface area (Å²) < 4.78 is 30.4. The number of anilines is 2. The lowest BCUT2D eigenvalue weighted by Gasteiger charge is -2.34. The molecule has 31 heavy (non-hydrogen) atoms. The first-order valence-electron chi connectivity index (χ1n) is 10.6. The molecular weight excluding hydrogens is 414 g/mol. The molecule has 1 fully saturated rings. The SMILES string of the molecule is CC[C@H](C)c1ccc(OCC(=O)Nc2ccc(N3CCN(S(C)(=O)=O)CC3)cc2)cc1. The Morgan fingerprint density at radius 2 is 1.65 bits per heavy atom. The van der Waals surface area contributed by atoms with Gasteiger partial charge in [0, 0.05) is 37.6 Å². The number of sulfonamides is 1. The van der Waals surface area contributed by atoms with E-state index in [1.807, 2.05) is 48.5 Å². The Balaban J connectivity index is 1.47. The molecule has 1 atom stereocenters. The van der Waals surface area contributed by atoms with Gasteiger partial charge in [-0.05, 0) is 54.3 Å². The monoisotopic (exact) mass is 445 g/mol. The topological polar surface area (TPSA) is 79.0 Å². The molecule has 8 heteroatoms. The first-order valence-corrected chi connectivity index (χ1v) is 12.4. The van der Waals surface area contributed by atoms with Crippen molar-refractivity contribution in [1.82, 2.24) is 4.31 Å². The van der Waals surface area contributed by atoms with E-state index in [1.54, 1.807) is 0 Å². The molecule has 0 spiro atoms. The van der Waals surface area contributed by atoms with E-state index in [4.69, 9.17) is 4.74 Å². The molecule has 7 nitrogen and oxygen atoms in total. The molecule has 2 aromatic carbocycles. The van der Waals surface area contributed by atoms with E-state index >= 15 is 0 Å². The Morgan fingerprint density at radius 1 is 1.03 bits per heavy atom. The minimum atomic E-state index is -3.14. The van der Waals surface area contributed by atoms with E-state index in [9.17, 15) is 13.2 Å². The highest BCUT2D eigenvalue weighted by atomic mass is 32.2. The fourth-order valence-corrected chi connectivity index (χ4v) is 4.33. The molecule has 0 aliphatic carbocycles. The Labute approximate surface area is 185 Å². The zero-order valence-corrected chi connectivity index (χ0v) is 19.2. The van der Waals surface area contributed by atoms with Gasteiger partial charge in [-0.3, -0.25) is 4.79 Å². The molecule has 1 aliphatic heterocycles. The molecule has 1 saturated heterocycles. The predicted molar refractivity (Wildman–Crippen MR) is 124 cm³/mol. The summed E-state index contributed by atoms with van der Waals surface area (Å²) in [6.07, 6.45) is 2.32. The Morgan fingerprint density at radius 3 is 2.19 bits per heavy atom. The lowest BCUT2D eigenvalue weighted by Crippen LogP contribution is -2.48. The van der Waals surface area contributed by atoms with Crippen molar-refractivity contribution in [2.45, 2.75) is 26.2 Å². The quantitative estimate of drug-likeness (QED) is 0.675. The van der Waals surface area contributed by atoms with Gasteiger partial charge in [-0.1, -0.05) is 26.0 Å².